The maximum atomic E-state index is 12.8. The molecule has 0 fully saturated rings. The van der Waals surface area contributed by atoms with Crippen LogP contribution in [0.2, 0.25) is 0 Å². The Balaban J connectivity index is 2.96. The summed E-state index contributed by atoms with van der Waals surface area (Å²) < 4.78 is 27.1. The van der Waals surface area contributed by atoms with Gasteiger partial charge in [-0.15, -0.1) is 11.3 Å². The van der Waals surface area contributed by atoms with E-state index in [4.69, 9.17) is 0 Å². The van der Waals surface area contributed by atoms with E-state index in [-0.39, 0.29) is 0 Å². The second-order valence-corrected chi connectivity index (χ2v) is 8.91. The summed E-state index contributed by atoms with van der Waals surface area (Å²) in [4.78, 5) is 2.44. The Morgan fingerprint density at radius 2 is 2.00 bits per heavy atom. The minimum Gasteiger partial charge on any atom is -0.312 e. The van der Waals surface area contributed by atoms with Gasteiger partial charge in [-0.3, -0.25) is 0 Å². The molecule has 0 bridgehead atoms. The zero-order valence-electron chi connectivity index (χ0n) is 13.8. The predicted octanol–water partition coefficient (Wildman–Crippen LogP) is 3.22. The Morgan fingerprint density at radius 3 is 2.52 bits per heavy atom. The fourth-order valence-electron chi connectivity index (χ4n) is 2.20. The van der Waals surface area contributed by atoms with Crippen molar-refractivity contribution in [3.63, 3.8) is 0 Å². The fourth-order valence-corrected chi connectivity index (χ4v) is 5.39. The molecule has 0 spiro atoms. The standard InChI is InChI=1S/C15H28N2O2S2/c1-6-8-16-10-14-9-15(13(5)20-14)21(18,19)17(7-2)11-12(3)4/h9,12,16H,6-8,10-11H2,1-5H3. The average molecular weight is 333 g/mol. The first-order valence-electron chi connectivity index (χ1n) is 7.63. The first kappa shape index (κ1) is 18.6. The van der Waals surface area contributed by atoms with Crippen molar-refractivity contribution in [1.82, 2.24) is 9.62 Å². The van der Waals surface area contributed by atoms with Gasteiger partial charge in [0.2, 0.25) is 10.0 Å². The first-order chi connectivity index (χ1) is 9.82. The zero-order valence-corrected chi connectivity index (χ0v) is 15.4. The molecule has 1 aromatic heterocycles. The molecule has 6 heteroatoms. The lowest BCUT2D eigenvalue weighted by Crippen LogP contribution is -2.34. The van der Waals surface area contributed by atoms with Gasteiger partial charge in [0.05, 0.1) is 4.90 Å². The predicted molar refractivity (Wildman–Crippen MR) is 90.3 cm³/mol. The molecule has 4 nitrogen and oxygen atoms in total. The van der Waals surface area contributed by atoms with E-state index in [1.807, 2.05) is 33.8 Å². The summed E-state index contributed by atoms with van der Waals surface area (Å²) in [6.45, 7) is 12.8. The van der Waals surface area contributed by atoms with Crippen molar-refractivity contribution in [2.45, 2.75) is 52.5 Å². The minimum absolute atomic E-state index is 0.323. The largest absolute Gasteiger partial charge is 0.312 e. The number of sulfonamides is 1. The van der Waals surface area contributed by atoms with Crippen LogP contribution in [0.25, 0.3) is 0 Å². The van der Waals surface area contributed by atoms with E-state index < -0.39 is 10.0 Å². The third-order valence-electron chi connectivity index (χ3n) is 3.19. The third kappa shape index (κ3) is 5.06. The molecule has 21 heavy (non-hydrogen) atoms. The van der Waals surface area contributed by atoms with E-state index in [1.54, 1.807) is 15.6 Å². The zero-order chi connectivity index (χ0) is 16.0. The number of hydrogen-bond acceptors (Lipinski definition) is 4. The lowest BCUT2D eigenvalue weighted by molar-refractivity contribution is 0.381. The molecule has 0 unspecified atom stereocenters. The van der Waals surface area contributed by atoms with Crippen molar-refractivity contribution in [3.05, 3.63) is 15.8 Å². The van der Waals surface area contributed by atoms with E-state index in [9.17, 15) is 8.42 Å². The van der Waals surface area contributed by atoms with Crippen LogP contribution in [0.1, 0.15) is 43.9 Å². The molecule has 0 aliphatic heterocycles. The van der Waals surface area contributed by atoms with Crippen LogP contribution < -0.4 is 5.32 Å². The smallest absolute Gasteiger partial charge is 0.244 e. The number of aryl methyl sites for hydroxylation is 1. The van der Waals surface area contributed by atoms with Crippen molar-refractivity contribution in [3.8, 4) is 0 Å². The van der Waals surface area contributed by atoms with Gasteiger partial charge in [-0.05, 0) is 31.9 Å². The average Bonchev–Trinajstić information content (AvgIpc) is 2.78. The van der Waals surface area contributed by atoms with Gasteiger partial charge in [0.15, 0.2) is 0 Å². The molecule has 0 aliphatic carbocycles. The summed E-state index contributed by atoms with van der Waals surface area (Å²) in [7, 11) is -3.37. The molecule has 1 N–H and O–H groups in total. The Hall–Kier alpha value is -0.430. The van der Waals surface area contributed by atoms with Crippen LogP contribution in [0.15, 0.2) is 11.0 Å². The number of thiophene rings is 1. The van der Waals surface area contributed by atoms with E-state index in [0.29, 0.717) is 23.9 Å². The van der Waals surface area contributed by atoms with Gasteiger partial charge in [0, 0.05) is 29.4 Å². The van der Waals surface area contributed by atoms with Crippen molar-refractivity contribution >= 4 is 21.4 Å². The Labute approximate surface area is 133 Å². The molecule has 1 heterocycles. The molecule has 1 aromatic rings. The van der Waals surface area contributed by atoms with Crippen LogP contribution in [0.4, 0.5) is 0 Å². The maximum Gasteiger partial charge on any atom is 0.244 e. The van der Waals surface area contributed by atoms with Gasteiger partial charge < -0.3 is 5.32 Å². The number of nitrogens with one attached hydrogen (secondary N) is 1. The molecule has 0 aromatic carbocycles. The summed E-state index contributed by atoms with van der Waals surface area (Å²) >= 11 is 1.57. The molecular formula is C15H28N2O2S2. The highest BCUT2D eigenvalue weighted by molar-refractivity contribution is 7.89. The molecule has 122 valence electrons. The molecular weight excluding hydrogens is 304 g/mol. The van der Waals surface area contributed by atoms with Gasteiger partial charge >= 0.3 is 0 Å². The highest BCUT2D eigenvalue weighted by Crippen LogP contribution is 2.28. The van der Waals surface area contributed by atoms with Crippen LogP contribution in [0, 0.1) is 12.8 Å². The van der Waals surface area contributed by atoms with Crippen molar-refractivity contribution in [1.29, 1.82) is 0 Å². The number of nitrogens with zero attached hydrogens (tertiary/aromatic N) is 1. The van der Waals surface area contributed by atoms with Gasteiger partial charge in [0.25, 0.3) is 0 Å². The fraction of sp³-hybridized carbons (Fsp3) is 0.733. The van der Waals surface area contributed by atoms with E-state index >= 15 is 0 Å². The molecule has 0 aliphatic rings. The Kier molecular flexibility index (Phi) is 7.33. The van der Waals surface area contributed by atoms with Crippen LogP contribution in [-0.4, -0.2) is 32.4 Å². The summed E-state index contributed by atoms with van der Waals surface area (Å²) in [5.41, 5.74) is 0. The lowest BCUT2D eigenvalue weighted by atomic mass is 10.2. The second kappa shape index (κ2) is 8.27. The maximum absolute atomic E-state index is 12.8. The summed E-state index contributed by atoms with van der Waals surface area (Å²) in [5, 5.41) is 3.32. The van der Waals surface area contributed by atoms with Gasteiger partial charge in [-0.1, -0.05) is 27.7 Å². The van der Waals surface area contributed by atoms with Gasteiger partial charge in [-0.25, -0.2) is 8.42 Å². The van der Waals surface area contributed by atoms with Crippen LogP contribution in [0.3, 0.4) is 0 Å². The van der Waals surface area contributed by atoms with Gasteiger partial charge in [-0.2, -0.15) is 4.31 Å². The van der Waals surface area contributed by atoms with E-state index in [2.05, 4.69) is 12.2 Å². The highest BCUT2D eigenvalue weighted by atomic mass is 32.2. The number of hydrogen-bond donors (Lipinski definition) is 1. The van der Waals surface area contributed by atoms with Crippen LogP contribution in [-0.2, 0) is 16.6 Å². The molecule has 1 rings (SSSR count). The van der Waals surface area contributed by atoms with Crippen LogP contribution >= 0.6 is 11.3 Å². The normalized spacial score (nSPS) is 12.5. The van der Waals surface area contributed by atoms with Crippen LogP contribution in [0.5, 0.6) is 0 Å². The number of rotatable bonds is 9. The molecule has 0 saturated heterocycles. The van der Waals surface area contributed by atoms with Crippen molar-refractivity contribution < 1.29 is 8.42 Å². The lowest BCUT2D eigenvalue weighted by Gasteiger charge is -2.22. The van der Waals surface area contributed by atoms with Crippen molar-refractivity contribution in [2.75, 3.05) is 19.6 Å². The first-order valence-corrected chi connectivity index (χ1v) is 9.88. The summed E-state index contributed by atoms with van der Waals surface area (Å²) in [6, 6.07) is 1.83. The van der Waals surface area contributed by atoms with E-state index in [0.717, 1.165) is 29.3 Å². The summed E-state index contributed by atoms with van der Waals surface area (Å²) in [5.74, 6) is 0.323. The summed E-state index contributed by atoms with van der Waals surface area (Å²) in [6.07, 6.45) is 1.08. The molecule has 0 saturated carbocycles. The SMILES string of the molecule is CCCNCc1cc(S(=O)(=O)N(CC)CC(C)C)c(C)s1. The minimum atomic E-state index is -3.37. The third-order valence-corrected chi connectivity index (χ3v) is 6.44. The Morgan fingerprint density at radius 1 is 1.33 bits per heavy atom. The topological polar surface area (TPSA) is 49.4 Å². The highest BCUT2D eigenvalue weighted by Gasteiger charge is 2.27. The quantitative estimate of drug-likeness (QED) is 0.706. The second-order valence-electron chi connectivity index (χ2n) is 5.66. The molecule has 0 amide bonds. The van der Waals surface area contributed by atoms with E-state index in [1.165, 1.54) is 0 Å². The molecule has 0 atom stereocenters. The molecule has 0 radical (unpaired) electrons. The van der Waals surface area contributed by atoms with Gasteiger partial charge in [0.1, 0.15) is 0 Å². The van der Waals surface area contributed by atoms with Crippen molar-refractivity contribution in [2.24, 2.45) is 5.92 Å². The Bertz CT molecular complexity index is 536. The monoisotopic (exact) mass is 332 g/mol.